The molecule has 0 radical (unpaired) electrons. The van der Waals surface area contributed by atoms with Crippen LogP contribution in [0.5, 0.6) is 0 Å². The molecule has 2 unspecified atom stereocenters. The van der Waals surface area contributed by atoms with Gasteiger partial charge >= 0.3 is 12.0 Å². The summed E-state index contributed by atoms with van der Waals surface area (Å²) in [6.45, 7) is 10.8. The molecule has 2 amide bonds. The Kier molecular flexibility index (Phi) is 5.80. The van der Waals surface area contributed by atoms with E-state index in [2.05, 4.69) is 24.1 Å². The summed E-state index contributed by atoms with van der Waals surface area (Å²) in [5, 5.41) is 11.8. The van der Waals surface area contributed by atoms with E-state index in [9.17, 15) is 14.7 Å². The van der Waals surface area contributed by atoms with Crippen molar-refractivity contribution >= 4 is 12.0 Å². The van der Waals surface area contributed by atoms with Crippen molar-refractivity contribution in [3.63, 3.8) is 0 Å². The maximum atomic E-state index is 12.2. The van der Waals surface area contributed by atoms with E-state index in [4.69, 9.17) is 0 Å². The number of hydrogen-bond donors (Lipinski definition) is 2. The van der Waals surface area contributed by atoms with Gasteiger partial charge in [0.25, 0.3) is 0 Å². The maximum Gasteiger partial charge on any atom is 0.329 e. The van der Waals surface area contributed by atoms with E-state index in [1.165, 1.54) is 0 Å². The average Bonchev–Trinajstić information content (AvgIpc) is 2.89. The number of rotatable bonds is 6. The predicted octanol–water partition coefficient (Wildman–Crippen LogP) is 1.37. The summed E-state index contributed by atoms with van der Waals surface area (Å²) in [5.41, 5.74) is -1.19. The Hall–Kier alpha value is -1.30. The highest BCUT2D eigenvalue weighted by Gasteiger charge is 2.36. The molecule has 1 heterocycles. The van der Waals surface area contributed by atoms with Gasteiger partial charge in [0.05, 0.1) is 0 Å². The summed E-state index contributed by atoms with van der Waals surface area (Å²) in [4.78, 5) is 27.5. The van der Waals surface area contributed by atoms with Crippen LogP contribution in [0.4, 0.5) is 4.79 Å². The van der Waals surface area contributed by atoms with Crippen molar-refractivity contribution in [1.29, 1.82) is 0 Å². The third kappa shape index (κ3) is 3.62. The number of nitrogens with zero attached hydrogens (tertiary/aromatic N) is 2. The number of likely N-dealkylation sites (tertiary alicyclic amines) is 1. The van der Waals surface area contributed by atoms with E-state index in [1.54, 1.807) is 18.7 Å². The number of aliphatic carboxylic acids is 1. The van der Waals surface area contributed by atoms with Crippen molar-refractivity contribution in [2.24, 2.45) is 0 Å². The first-order chi connectivity index (χ1) is 9.37. The van der Waals surface area contributed by atoms with Gasteiger partial charge < -0.3 is 15.3 Å². The van der Waals surface area contributed by atoms with E-state index in [1.807, 2.05) is 0 Å². The fourth-order valence-corrected chi connectivity index (χ4v) is 2.57. The van der Waals surface area contributed by atoms with Crippen LogP contribution in [0.25, 0.3) is 0 Å². The van der Waals surface area contributed by atoms with Gasteiger partial charge in [-0.25, -0.2) is 9.59 Å². The topological polar surface area (TPSA) is 72.9 Å². The molecule has 0 aromatic rings. The summed E-state index contributed by atoms with van der Waals surface area (Å²) >= 11 is 0. The van der Waals surface area contributed by atoms with Gasteiger partial charge in [-0.2, -0.15) is 0 Å². The number of carboxylic acid groups (broad SMARTS) is 1. The molecule has 0 aliphatic carbocycles. The molecule has 0 aromatic heterocycles. The number of carbonyl (C=O) groups excluding carboxylic acids is 1. The second kappa shape index (κ2) is 6.92. The minimum Gasteiger partial charge on any atom is -0.480 e. The van der Waals surface area contributed by atoms with Crippen LogP contribution >= 0.6 is 0 Å². The summed E-state index contributed by atoms with van der Waals surface area (Å²) in [7, 11) is 0. The molecular weight excluding hydrogens is 258 g/mol. The molecule has 0 saturated carbocycles. The molecule has 1 fully saturated rings. The van der Waals surface area contributed by atoms with Crippen molar-refractivity contribution < 1.29 is 14.7 Å². The summed E-state index contributed by atoms with van der Waals surface area (Å²) < 4.78 is 0. The van der Waals surface area contributed by atoms with Crippen LogP contribution in [0.2, 0.25) is 0 Å². The van der Waals surface area contributed by atoms with Crippen molar-refractivity contribution in [2.75, 3.05) is 26.2 Å². The van der Waals surface area contributed by atoms with Crippen LogP contribution in [0, 0.1) is 0 Å². The Labute approximate surface area is 121 Å². The molecule has 6 nitrogen and oxygen atoms in total. The molecule has 0 spiro atoms. The zero-order chi connectivity index (χ0) is 15.3. The summed E-state index contributed by atoms with van der Waals surface area (Å²) in [6.07, 6.45) is 1.31. The van der Waals surface area contributed by atoms with E-state index >= 15 is 0 Å². The zero-order valence-electron chi connectivity index (χ0n) is 13.0. The number of carbonyl (C=O) groups is 2. The first kappa shape index (κ1) is 16.8. The van der Waals surface area contributed by atoms with Crippen LogP contribution in [-0.2, 0) is 4.79 Å². The molecule has 116 valence electrons. The third-order valence-corrected chi connectivity index (χ3v) is 4.34. The highest BCUT2D eigenvalue weighted by molar-refractivity contribution is 5.86. The zero-order valence-corrected chi connectivity index (χ0v) is 13.0. The number of urea groups is 1. The van der Waals surface area contributed by atoms with Crippen LogP contribution in [-0.4, -0.2) is 64.7 Å². The molecule has 1 rings (SSSR count). The lowest BCUT2D eigenvalue weighted by Crippen LogP contribution is -2.55. The van der Waals surface area contributed by atoms with E-state index in [0.717, 1.165) is 19.5 Å². The molecule has 2 atom stereocenters. The van der Waals surface area contributed by atoms with E-state index in [-0.39, 0.29) is 6.03 Å². The van der Waals surface area contributed by atoms with Gasteiger partial charge in [0.1, 0.15) is 5.54 Å². The molecule has 2 N–H and O–H groups in total. The van der Waals surface area contributed by atoms with Crippen LogP contribution in [0.3, 0.4) is 0 Å². The lowest BCUT2D eigenvalue weighted by atomic mass is 10.00. The van der Waals surface area contributed by atoms with Crippen LogP contribution in [0.1, 0.15) is 40.5 Å². The summed E-state index contributed by atoms with van der Waals surface area (Å²) in [5.74, 6) is -0.993. The standard InChI is InChI=1S/C14H27N3O3/c1-5-14(4,12(18)19)15-13(20)17-9-8-11(10-17)16(6-2)7-3/h11H,5-10H2,1-4H3,(H,15,20)(H,18,19). The fourth-order valence-electron chi connectivity index (χ4n) is 2.57. The molecule has 1 aliphatic rings. The van der Waals surface area contributed by atoms with Crippen molar-refractivity contribution in [1.82, 2.24) is 15.1 Å². The Morgan fingerprint density at radius 2 is 1.95 bits per heavy atom. The van der Waals surface area contributed by atoms with Crippen LogP contribution < -0.4 is 5.32 Å². The number of hydrogen-bond acceptors (Lipinski definition) is 3. The molecule has 0 aromatic carbocycles. The minimum atomic E-state index is -1.19. The van der Waals surface area contributed by atoms with Gasteiger partial charge in [-0.15, -0.1) is 0 Å². The van der Waals surface area contributed by atoms with Crippen molar-refractivity contribution in [2.45, 2.75) is 52.1 Å². The van der Waals surface area contributed by atoms with Gasteiger partial charge in [-0.3, -0.25) is 4.90 Å². The van der Waals surface area contributed by atoms with Crippen molar-refractivity contribution in [3.8, 4) is 0 Å². The number of likely N-dealkylation sites (N-methyl/N-ethyl adjacent to an activating group) is 1. The number of nitrogens with one attached hydrogen (secondary N) is 1. The molecular formula is C14H27N3O3. The average molecular weight is 285 g/mol. The molecule has 1 aliphatic heterocycles. The first-order valence-electron chi connectivity index (χ1n) is 7.42. The van der Waals surface area contributed by atoms with Gasteiger partial charge in [0, 0.05) is 19.1 Å². The monoisotopic (exact) mass is 285 g/mol. The third-order valence-electron chi connectivity index (χ3n) is 4.34. The first-order valence-corrected chi connectivity index (χ1v) is 7.42. The van der Waals surface area contributed by atoms with Gasteiger partial charge in [-0.1, -0.05) is 20.8 Å². The molecule has 0 bridgehead atoms. The summed E-state index contributed by atoms with van der Waals surface area (Å²) in [6, 6.07) is 0.111. The number of amides is 2. The van der Waals surface area contributed by atoms with Gasteiger partial charge in [-0.05, 0) is 32.9 Å². The lowest BCUT2D eigenvalue weighted by Gasteiger charge is -2.29. The quantitative estimate of drug-likeness (QED) is 0.773. The Morgan fingerprint density at radius 1 is 1.35 bits per heavy atom. The van der Waals surface area contributed by atoms with Crippen molar-refractivity contribution in [3.05, 3.63) is 0 Å². The molecule has 6 heteroatoms. The fraction of sp³-hybridized carbons (Fsp3) is 0.857. The highest BCUT2D eigenvalue weighted by atomic mass is 16.4. The molecule has 1 saturated heterocycles. The minimum absolute atomic E-state index is 0.272. The highest BCUT2D eigenvalue weighted by Crippen LogP contribution is 2.17. The largest absolute Gasteiger partial charge is 0.480 e. The van der Waals surface area contributed by atoms with Gasteiger partial charge in [0.15, 0.2) is 0 Å². The van der Waals surface area contributed by atoms with Gasteiger partial charge in [0.2, 0.25) is 0 Å². The Balaban J connectivity index is 2.60. The SMILES string of the molecule is CCN(CC)C1CCN(C(=O)NC(C)(CC)C(=O)O)C1. The molecule has 20 heavy (non-hydrogen) atoms. The lowest BCUT2D eigenvalue weighted by molar-refractivity contribution is -0.143. The second-order valence-electron chi connectivity index (χ2n) is 5.53. The normalized spacial score (nSPS) is 21.9. The maximum absolute atomic E-state index is 12.2. The Morgan fingerprint density at radius 3 is 2.40 bits per heavy atom. The number of carboxylic acids is 1. The smallest absolute Gasteiger partial charge is 0.329 e. The van der Waals surface area contributed by atoms with E-state index < -0.39 is 11.5 Å². The Bertz CT molecular complexity index is 358. The predicted molar refractivity (Wildman–Crippen MR) is 77.8 cm³/mol. The van der Waals surface area contributed by atoms with Crippen LogP contribution in [0.15, 0.2) is 0 Å². The second-order valence-corrected chi connectivity index (χ2v) is 5.53. The van der Waals surface area contributed by atoms with E-state index in [0.29, 0.717) is 25.6 Å².